The second-order valence-corrected chi connectivity index (χ2v) is 4.55. The molecule has 2 N–H and O–H groups in total. The zero-order chi connectivity index (χ0) is 10.6. The monoisotopic (exact) mass is 277 g/mol. The van der Waals surface area contributed by atoms with E-state index < -0.39 is 0 Å². The van der Waals surface area contributed by atoms with Crippen LogP contribution >= 0.6 is 27.5 Å². The molecule has 2 nitrogen and oxygen atoms in total. The highest BCUT2D eigenvalue weighted by atomic mass is 79.9. The molecule has 0 aliphatic rings. The van der Waals surface area contributed by atoms with Crippen molar-refractivity contribution in [2.24, 2.45) is 11.7 Å². The Labute approximate surface area is 97.5 Å². The summed E-state index contributed by atoms with van der Waals surface area (Å²) in [6, 6.07) is 5.53. The molecule has 0 aromatic heterocycles. The van der Waals surface area contributed by atoms with Gasteiger partial charge < -0.3 is 10.5 Å². The van der Waals surface area contributed by atoms with E-state index >= 15 is 0 Å². The molecule has 78 valence electrons. The van der Waals surface area contributed by atoms with E-state index in [0.717, 1.165) is 4.47 Å². The van der Waals surface area contributed by atoms with Crippen molar-refractivity contribution in [1.82, 2.24) is 0 Å². The summed E-state index contributed by atoms with van der Waals surface area (Å²) in [5.74, 6) is 1.03. The van der Waals surface area contributed by atoms with Crippen LogP contribution in [0.3, 0.4) is 0 Å². The third-order valence-electron chi connectivity index (χ3n) is 1.82. The second kappa shape index (κ2) is 5.59. The molecule has 1 aromatic rings. The van der Waals surface area contributed by atoms with Crippen LogP contribution in [0.5, 0.6) is 5.75 Å². The molecule has 1 aromatic carbocycles. The fourth-order valence-corrected chi connectivity index (χ4v) is 1.40. The van der Waals surface area contributed by atoms with Gasteiger partial charge in [0.05, 0.1) is 11.6 Å². The van der Waals surface area contributed by atoms with Gasteiger partial charge in [-0.1, -0.05) is 34.5 Å². The second-order valence-electron chi connectivity index (χ2n) is 3.23. The van der Waals surface area contributed by atoms with Crippen LogP contribution in [0, 0.1) is 5.92 Å². The van der Waals surface area contributed by atoms with Crippen LogP contribution in [0.4, 0.5) is 0 Å². The molecule has 14 heavy (non-hydrogen) atoms. The molecule has 1 unspecified atom stereocenters. The molecular formula is C10H13BrClNO. The molecule has 0 spiro atoms. The maximum atomic E-state index is 5.95. The molecule has 0 aliphatic carbocycles. The minimum absolute atomic E-state index is 0.338. The fourth-order valence-electron chi connectivity index (χ4n) is 0.888. The van der Waals surface area contributed by atoms with Crippen molar-refractivity contribution in [3.05, 3.63) is 27.7 Å². The lowest BCUT2D eigenvalue weighted by Gasteiger charge is -2.12. The molecule has 0 saturated carbocycles. The van der Waals surface area contributed by atoms with Gasteiger partial charge in [0, 0.05) is 10.4 Å². The van der Waals surface area contributed by atoms with Gasteiger partial charge in [-0.15, -0.1) is 0 Å². The van der Waals surface area contributed by atoms with E-state index in [1.807, 2.05) is 19.1 Å². The summed E-state index contributed by atoms with van der Waals surface area (Å²) in [6.07, 6.45) is 0. The summed E-state index contributed by atoms with van der Waals surface area (Å²) in [5, 5.41) is 0.623. The van der Waals surface area contributed by atoms with Gasteiger partial charge in [-0.05, 0) is 24.7 Å². The van der Waals surface area contributed by atoms with E-state index in [1.54, 1.807) is 6.07 Å². The van der Waals surface area contributed by atoms with Gasteiger partial charge in [0.1, 0.15) is 5.75 Å². The number of rotatable bonds is 4. The summed E-state index contributed by atoms with van der Waals surface area (Å²) < 4.78 is 6.48. The maximum absolute atomic E-state index is 5.95. The normalized spacial score (nSPS) is 12.6. The van der Waals surface area contributed by atoms with E-state index in [2.05, 4.69) is 15.9 Å². The number of nitrogens with two attached hydrogens (primary N) is 1. The van der Waals surface area contributed by atoms with Gasteiger partial charge in [0.15, 0.2) is 0 Å². The van der Waals surface area contributed by atoms with Crippen molar-refractivity contribution >= 4 is 27.5 Å². The molecule has 0 fully saturated rings. The van der Waals surface area contributed by atoms with Crippen LogP contribution < -0.4 is 10.5 Å². The summed E-state index contributed by atoms with van der Waals surface area (Å²) in [6.45, 7) is 3.24. The minimum atomic E-state index is 0.338. The zero-order valence-corrected chi connectivity index (χ0v) is 10.3. The van der Waals surface area contributed by atoms with Crippen molar-refractivity contribution in [3.8, 4) is 5.75 Å². The van der Waals surface area contributed by atoms with Crippen molar-refractivity contribution < 1.29 is 4.74 Å². The number of hydrogen-bond acceptors (Lipinski definition) is 2. The first-order valence-corrected chi connectivity index (χ1v) is 5.58. The molecule has 0 heterocycles. The summed E-state index contributed by atoms with van der Waals surface area (Å²) in [7, 11) is 0. The molecule has 0 amide bonds. The predicted molar refractivity (Wildman–Crippen MR) is 62.9 cm³/mol. The molecular weight excluding hydrogens is 265 g/mol. The highest BCUT2D eigenvalue weighted by molar-refractivity contribution is 9.10. The van der Waals surface area contributed by atoms with Gasteiger partial charge in [-0.3, -0.25) is 0 Å². The van der Waals surface area contributed by atoms with Crippen LogP contribution in [0.15, 0.2) is 22.7 Å². The number of benzene rings is 1. The quantitative estimate of drug-likeness (QED) is 0.918. The van der Waals surface area contributed by atoms with Crippen LogP contribution in [0.2, 0.25) is 5.02 Å². The molecule has 0 aliphatic heterocycles. The Balaban J connectivity index is 2.62. The van der Waals surface area contributed by atoms with E-state index in [-0.39, 0.29) is 0 Å². The largest absolute Gasteiger partial charge is 0.492 e. The predicted octanol–water partition coefficient (Wildman–Crippen LogP) is 3.08. The lowest BCUT2D eigenvalue weighted by atomic mass is 10.2. The van der Waals surface area contributed by atoms with Crippen LogP contribution in [0.1, 0.15) is 6.92 Å². The standard InChI is InChI=1S/C10H13BrClNO/c1-7(5-13)6-14-10-4-8(11)2-3-9(10)12/h2-4,7H,5-6,13H2,1H3. The summed E-state index contributed by atoms with van der Waals surface area (Å²) in [5.41, 5.74) is 5.48. The Morgan fingerprint density at radius 1 is 1.57 bits per heavy atom. The summed E-state index contributed by atoms with van der Waals surface area (Å²) in [4.78, 5) is 0. The van der Waals surface area contributed by atoms with Crippen LogP contribution in [0.25, 0.3) is 0 Å². The van der Waals surface area contributed by atoms with Gasteiger partial charge in [-0.25, -0.2) is 0 Å². The van der Waals surface area contributed by atoms with Gasteiger partial charge >= 0.3 is 0 Å². The van der Waals surface area contributed by atoms with Crippen LogP contribution in [-0.4, -0.2) is 13.2 Å². The Morgan fingerprint density at radius 2 is 2.29 bits per heavy atom. The Kier molecular flexibility index (Phi) is 4.72. The van der Waals surface area contributed by atoms with Gasteiger partial charge in [0.25, 0.3) is 0 Å². The SMILES string of the molecule is CC(CN)COc1cc(Br)ccc1Cl. The van der Waals surface area contributed by atoms with E-state index in [9.17, 15) is 0 Å². The number of halogens is 2. The van der Waals surface area contributed by atoms with E-state index in [1.165, 1.54) is 0 Å². The third kappa shape index (κ3) is 3.48. The first kappa shape index (κ1) is 11.8. The molecule has 1 atom stereocenters. The molecule has 4 heteroatoms. The van der Waals surface area contributed by atoms with Crippen LogP contribution in [-0.2, 0) is 0 Å². The smallest absolute Gasteiger partial charge is 0.139 e. The van der Waals surface area contributed by atoms with Crippen molar-refractivity contribution in [1.29, 1.82) is 0 Å². The highest BCUT2D eigenvalue weighted by Gasteiger charge is 2.04. The van der Waals surface area contributed by atoms with Crippen molar-refractivity contribution in [2.45, 2.75) is 6.92 Å². The topological polar surface area (TPSA) is 35.2 Å². The lowest BCUT2D eigenvalue weighted by Crippen LogP contribution is -2.18. The average Bonchev–Trinajstić information content (AvgIpc) is 2.19. The first-order chi connectivity index (χ1) is 6.63. The van der Waals surface area contributed by atoms with Crippen molar-refractivity contribution in [3.63, 3.8) is 0 Å². The molecule has 0 bridgehead atoms. The summed E-state index contributed by atoms with van der Waals surface area (Å²) >= 11 is 9.30. The third-order valence-corrected chi connectivity index (χ3v) is 2.62. The number of hydrogen-bond donors (Lipinski definition) is 1. The lowest BCUT2D eigenvalue weighted by molar-refractivity contribution is 0.264. The Morgan fingerprint density at radius 3 is 2.93 bits per heavy atom. The zero-order valence-electron chi connectivity index (χ0n) is 7.97. The Bertz CT molecular complexity index is 306. The highest BCUT2D eigenvalue weighted by Crippen LogP contribution is 2.28. The fraction of sp³-hybridized carbons (Fsp3) is 0.400. The maximum Gasteiger partial charge on any atom is 0.139 e. The van der Waals surface area contributed by atoms with Gasteiger partial charge in [0.2, 0.25) is 0 Å². The average molecular weight is 279 g/mol. The van der Waals surface area contributed by atoms with Gasteiger partial charge in [-0.2, -0.15) is 0 Å². The minimum Gasteiger partial charge on any atom is -0.492 e. The molecule has 0 radical (unpaired) electrons. The Hall–Kier alpha value is -0.250. The van der Waals surface area contributed by atoms with E-state index in [0.29, 0.717) is 29.8 Å². The molecule has 0 saturated heterocycles. The molecule has 1 rings (SSSR count). The van der Waals surface area contributed by atoms with Crippen molar-refractivity contribution in [2.75, 3.05) is 13.2 Å². The number of ether oxygens (including phenoxy) is 1. The first-order valence-electron chi connectivity index (χ1n) is 4.41. The van der Waals surface area contributed by atoms with E-state index in [4.69, 9.17) is 22.1 Å².